The third-order valence-electron chi connectivity index (χ3n) is 3.82. The fourth-order valence-corrected chi connectivity index (χ4v) is 2.69. The zero-order valence-electron chi connectivity index (χ0n) is 13.0. The van der Waals surface area contributed by atoms with Gasteiger partial charge in [0.1, 0.15) is 0 Å². The number of carboxylic acid groups (broad SMARTS) is 1. The van der Waals surface area contributed by atoms with Gasteiger partial charge in [-0.15, -0.1) is 0 Å². The van der Waals surface area contributed by atoms with Crippen LogP contribution in [0.5, 0.6) is 0 Å². The highest BCUT2D eigenvalue weighted by atomic mass is 16.4. The molecule has 118 valence electrons. The zero-order chi connectivity index (χ0) is 16.7. The summed E-state index contributed by atoms with van der Waals surface area (Å²) in [6.45, 7) is 3.47. The number of hydrogen-bond acceptors (Lipinski definition) is 3. The molecular formula is C16H16N4O3. The van der Waals surface area contributed by atoms with Crippen molar-refractivity contribution in [2.75, 3.05) is 0 Å². The van der Waals surface area contributed by atoms with Crippen molar-refractivity contribution in [3.63, 3.8) is 0 Å². The normalized spacial score (nSPS) is 10.9. The highest BCUT2D eigenvalue weighted by Crippen LogP contribution is 2.22. The molecule has 0 aliphatic heterocycles. The second-order valence-electron chi connectivity index (χ2n) is 5.30. The molecule has 0 fully saturated rings. The van der Waals surface area contributed by atoms with E-state index in [1.807, 2.05) is 30.3 Å². The molecular weight excluding hydrogens is 296 g/mol. The van der Waals surface area contributed by atoms with Gasteiger partial charge in [0.15, 0.2) is 0 Å². The first kappa shape index (κ1) is 14.8. The van der Waals surface area contributed by atoms with Gasteiger partial charge in [0.2, 0.25) is 0 Å². The molecule has 0 unspecified atom stereocenters. The molecule has 7 nitrogen and oxygen atoms in total. The monoisotopic (exact) mass is 312 g/mol. The Balaban J connectivity index is 2.32. The molecule has 1 aromatic carbocycles. The quantitative estimate of drug-likeness (QED) is 0.786. The lowest BCUT2D eigenvalue weighted by atomic mass is 10.2. The van der Waals surface area contributed by atoms with Gasteiger partial charge in [0.25, 0.3) is 5.56 Å². The van der Waals surface area contributed by atoms with Gasteiger partial charge in [-0.1, -0.05) is 18.2 Å². The molecule has 0 aliphatic carbocycles. The SMILES string of the molecule is Cc1cc(-c2c(C)n(C)n(-c3ccccc3)c2=O)n(C(=O)O)n1. The molecule has 1 N–H and O–H groups in total. The molecule has 0 saturated heterocycles. The summed E-state index contributed by atoms with van der Waals surface area (Å²) in [6.07, 6.45) is -1.22. The molecule has 0 amide bonds. The molecule has 0 spiro atoms. The van der Waals surface area contributed by atoms with E-state index in [0.29, 0.717) is 22.6 Å². The number of aryl methyl sites for hydroxylation is 1. The maximum Gasteiger partial charge on any atom is 0.432 e. The van der Waals surface area contributed by atoms with E-state index >= 15 is 0 Å². The first-order chi connectivity index (χ1) is 10.9. The van der Waals surface area contributed by atoms with Gasteiger partial charge < -0.3 is 5.11 Å². The minimum Gasteiger partial charge on any atom is -0.463 e. The minimum atomic E-state index is -1.22. The smallest absolute Gasteiger partial charge is 0.432 e. The van der Waals surface area contributed by atoms with Crippen LogP contribution in [0.4, 0.5) is 4.79 Å². The highest BCUT2D eigenvalue weighted by molar-refractivity contribution is 5.76. The number of rotatable bonds is 2. The zero-order valence-corrected chi connectivity index (χ0v) is 13.0. The van der Waals surface area contributed by atoms with Crippen LogP contribution >= 0.6 is 0 Å². The van der Waals surface area contributed by atoms with Crippen molar-refractivity contribution in [2.24, 2.45) is 7.05 Å². The number of aromatic nitrogens is 4. The second-order valence-corrected chi connectivity index (χ2v) is 5.30. The lowest BCUT2D eigenvalue weighted by Crippen LogP contribution is -2.21. The Hall–Kier alpha value is -3.09. The fraction of sp³-hybridized carbons (Fsp3) is 0.188. The van der Waals surface area contributed by atoms with Crippen molar-refractivity contribution in [1.82, 2.24) is 19.1 Å². The van der Waals surface area contributed by atoms with Crippen LogP contribution in [0.1, 0.15) is 11.4 Å². The largest absolute Gasteiger partial charge is 0.463 e. The standard InChI is InChI=1S/C16H16N4O3/c1-10-9-13(19(17-10)16(22)23)14-11(2)18(3)20(15(14)21)12-7-5-4-6-8-12/h4-9H,1-3H3,(H,22,23). The Morgan fingerprint density at radius 3 is 2.43 bits per heavy atom. The minimum absolute atomic E-state index is 0.279. The van der Waals surface area contributed by atoms with Crippen molar-refractivity contribution in [3.8, 4) is 16.9 Å². The van der Waals surface area contributed by atoms with E-state index in [1.54, 1.807) is 31.6 Å². The average molecular weight is 312 g/mol. The van der Waals surface area contributed by atoms with Crippen LogP contribution in [0.25, 0.3) is 16.9 Å². The summed E-state index contributed by atoms with van der Waals surface area (Å²) in [4.78, 5) is 24.3. The van der Waals surface area contributed by atoms with Crippen LogP contribution in [-0.4, -0.2) is 30.3 Å². The van der Waals surface area contributed by atoms with E-state index in [0.717, 1.165) is 4.68 Å². The summed E-state index contributed by atoms with van der Waals surface area (Å²) in [5.74, 6) is 0. The van der Waals surface area contributed by atoms with Gasteiger partial charge >= 0.3 is 6.09 Å². The molecule has 7 heteroatoms. The van der Waals surface area contributed by atoms with E-state index in [4.69, 9.17) is 0 Å². The summed E-state index contributed by atoms with van der Waals surface area (Å²) in [5, 5.41) is 13.2. The summed E-state index contributed by atoms with van der Waals surface area (Å²) >= 11 is 0. The van der Waals surface area contributed by atoms with Crippen LogP contribution in [0, 0.1) is 13.8 Å². The lowest BCUT2D eigenvalue weighted by Gasteiger charge is -2.07. The van der Waals surface area contributed by atoms with Gasteiger partial charge in [-0.2, -0.15) is 9.78 Å². The Morgan fingerprint density at radius 2 is 1.83 bits per heavy atom. The molecule has 0 aliphatic rings. The van der Waals surface area contributed by atoms with E-state index in [9.17, 15) is 14.7 Å². The van der Waals surface area contributed by atoms with Crippen molar-refractivity contribution in [3.05, 3.63) is 58.1 Å². The number of hydrogen-bond donors (Lipinski definition) is 1. The van der Waals surface area contributed by atoms with E-state index in [1.165, 1.54) is 4.68 Å². The Labute approximate surface area is 132 Å². The summed E-state index contributed by atoms with van der Waals surface area (Å²) in [6, 6.07) is 10.8. The predicted molar refractivity (Wildman–Crippen MR) is 85.1 cm³/mol. The van der Waals surface area contributed by atoms with Crippen molar-refractivity contribution in [2.45, 2.75) is 13.8 Å². The second kappa shape index (κ2) is 5.28. The maximum atomic E-state index is 12.9. The lowest BCUT2D eigenvalue weighted by molar-refractivity contribution is 0.193. The van der Waals surface area contributed by atoms with Crippen LogP contribution in [0.15, 0.2) is 41.2 Å². The maximum absolute atomic E-state index is 12.9. The van der Waals surface area contributed by atoms with Crippen molar-refractivity contribution in [1.29, 1.82) is 0 Å². The Kier molecular flexibility index (Phi) is 3.40. The molecule has 0 bridgehead atoms. The topological polar surface area (TPSA) is 82.0 Å². The van der Waals surface area contributed by atoms with Gasteiger partial charge in [0, 0.05) is 12.7 Å². The first-order valence-electron chi connectivity index (χ1n) is 7.06. The molecule has 3 rings (SSSR count). The number of para-hydroxylation sites is 1. The molecule has 0 atom stereocenters. The predicted octanol–water partition coefficient (Wildman–Crippen LogP) is 2.18. The highest BCUT2D eigenvalue weighted by Gasteiger charge is 2.23. The summed E-state index contributed by atoms with van der Waals surface area (Å²) in [7, 11) is 1.77. The van der Waals surface area contributed by atoms with Crippen LogP contribution in [-0.2, 0) is 7.05 Å². The van der Waals surface area contributed by atoms with E-state index in [2.05, 4.69) is 5.10 Å². The third-order valence-corrected chi connectivity index (χ3v) is 3.82. The van der Waals surface area contributed by atoms with Gasteiger partial charge in [0.05, 0.1) is 22.6 Å². The van der Waals surface area contributed by atoms with Crippen LogP contribution in [0.2, 0.25) is 0 Å². The fourth-order valence-electron chi connectivity index (χ4n) is 2.69. The number of nitrogens with zero attached hydrogens (tertiary/aromatic N) is 4. The molecule has 3 aromatic rings. The van der Waals surface area contributed by atoms with Gasteiger partial charge in [-0.25, -0.2) is 9.48 Å². The van der Waals surface area contributed by atoms with Gasteiger partial charge in [-0.05, 0) is 32.0 Å². The third kappa shape index (κ3) is 2.26. The Bertz CT molecular complexity index is 948. The average Bonchev–Trinajstić information content (AvgIpc) is 2.99. The number of carbonyl (C=O) groups is 1. The van der Waals surface area contributed by atoms with Crippen LogP contribution < -0.4 is 5.56 Å². The first-order valence-corrected chi connectivity index (χ1v) is 7.06. The molecule has 2 aromatic heterocycles. The summed E-state index contributed by atoms with van der Waals surface area (Å²) in [5.41, 5.74) is 2.26. The summed E-state index contributed by atoms with van der Waals surface area (Å²) < 4.78 is 4.06. The molecule has 0 saturated carbocycles. The molecule has 0 radical (unpaired) electrons. The van der Waals surface area contributed by atoms with Crippen molar-refractivity contribution < 1.29 is 9.90 Å². The van der Waals surface area contributed by atoms with E-state index in [-0.39, 0.29) is 11.3 Å². The number of benzene rings is 1. The van der Waals surface area contributed by atoms with E-state index < -0.39 is 6.09 Å². The van der Waals surface area contributed by atoms with Crippen LogP contribution in [0.3, 0.4) is 0 Å². The Morgan fingerprint density at radius 1 is 1.17 bits per heavy atom. The van der Waals surface area contributed by atoms with Crippen molar-refractivity contribution >= 4 is 6.09 Å². The van der Waals surface area contributed by atoms with Gasteiger partial charge in [-0.3, -0.25) is 9.48 Å². The molecule has 2 heterocycles. The molecule has 23 heavy (non-hydrogen) atoms.